The van der Waals surface area contributed by atoms with Gasteiger partial charge in [-0.15, -0.1) is 11.3 Å². The molecule has 0 bridgehead atoms. The molecule has 0 aliphatic carbocycles. The van der Waals surface area contributed by atoms with E-state index in [9.17, 15) is 36.5 Å². The lowest BCUT2D eigenvalue weighted by Crippen LogP contribution is -2.42. The van der Waals surface area contributed by atoms with Gasteiger partial charge in [0.15, 0.2) is 0 Å². The summed E-state index contributed by atoms with van der Waals surface area (Å²) in [6.45, 7) is 0.329. The molecule has 0 spiro atoms. The van der Waals surface area contributed by atoms with Crippen molar-refractivity contribution in [3.63, 3.8) is 0 Å². The predicted octanol–water partition coefficient (Wildman–Crippen LogP) is 3.66. The number of carbonyl (C=O) groups excluding carboxylic acids is 1. The number of nitrogens with zero attached hydrogens (tertiary/aromatic N) is 4. The summed E-state index contributed by atoms with van der Waals surface area (Å²) in [5, 5.41) is 16.4. The molecule has 1 aliphatic rings. The Morgan fingerprint density at radius 3 is 2.61 bits per heavy atom. The fourth-order valence-electron chi connectivity index (χ4n) is 3.76. The summed E-state index contributed by atoms with van der Waals surface area (Å²) in [5.74, 6) is -0.706. The van der Waals surface area contributed by atoms with Crippen LogP contribution in [-0.2, 0) is 22.7 Å². The van der Waals surface area contributed by atoms with Crippen LogP contribution in [0.5, 0.6) is 0 Å². The molecule has 4 rings (SSSR count). The molecule has 1 aromatic carbocycles. The molecule has 1 saturated heterocycles. The molecule has 1 amide bonds. The fraction of sp³-hybridized carbons (Fsp3) is 0.318. The monoisotopic (exact) mass is 570 g/mol. The minimum Gasteiger partial charge on any atom is -0.351 e. The van der Waals surface area contributed by atoms with Gasteiger partial charge in [-0.3, -0.25) is 14.9 Å². The van der Waals surface area contributed by atoms with Crippen molar-refractivity contribution in [2.45, 2.75) is 35.8 Å². The number of anilines is 1. The van der Waals surface area contributed by atoms with Crippen LogP contribution >= 0.6 is 11.3 Å². The van der Waals surface area contributed by atoms with Crippen LogP contribution in [0.3, 0.4) is 0 Å². The number of amides is 1. The second-order valence-corrected chi connectivity index (χ2v) is 11.6. The Morgan fingerprint density at radius 2 is 1.92 bits per heavy atom. The molecule has 202 valence electrons. The van der Waals surface area contributed by atoms with Gasteiger partial charge in [-0.1, -0.05) is 6.07 Å². The first-order chi connectivity index (χ1) is 17.9. The van der Waals surface area contributed by atoms with Gasteiger partial charge in [0.2, 0.25) is 5.95 Å². The lowest BCUT2D eigenvalue weighted by Gasteiger charge is -2.31. The highest BCUT2D eigenvalue weighted by atomic mass is 32.2. The van der Waals surface area contributed by atoms with E-state index in [0.717, 1.165) is 29.7 Å². The topological polar surface area (TPSA) is 147 Å². The predicted molar refractivity (Wildman–Crippen MR) is 131 cm³/mol. The number of benzene rings is 1. The molecule has 0 atom stereocenters. The third-order valence-corrected chi connectivity index (χ3v) is 9.16. The summed E-state index contributed by atoms with van der Waals surface area (Å²) < 4.78 is 66.2. The Labute approximate surface area is 218 Å². The summed E-state index contributed by atoms with van der Waals surface area (Å²) in [6.07, 6.45) is -2.90. The number of hydrogen-bond donors (Lipinski definition) is 2. The number of halogens is 3. The number of nitrogens with one attached hydrogen (secondary N) is 2. The van der Waals surface area contributed by atoms with Gasteiger partial charge in [-0.25, -0.2) is 18.4 Å². The Kier molecular flexibility index (Phi) is 7.94. The largest absolute Gasteiger partial charge is 0.433 e. The average molecular weight is 571 g/mol. The van der Waals surface area contributed by atoms with Crippen LogP contribution in [0, 0.1) is 10.1 Å². The number of piperidine rings is 1. The van der Waals surface area contributed by atoms with Crippen LogP contribution in [0.15, 0.2) is 52.9 Å². The maximum Gasteiger partial charge on any atom is 0.433 e. The summed E-state index contributed by atoms with van der Waals surface area (Å²) in [4.78, 5) is 30.5. The molecular weight excluding hydrogens is 549 g/mol. The van der Waals surface area contributed by atoms with Gasteiger partial charge in [-0.2, -0.15) is 17.5 Å². The van der Waals surface area contributed by atoms with Crippen LogP contribution in [0.25, 0.3) is 0 Å². The number of aromatic nitrogens is 2. The van der Waals surface area contributed by atoms with Crippen LogP contribution in [-0.4, -0.2) is 52.7 Å². The van der Waals surface area contributed by atoms with Crippen molar-refractivity contribution in [1.29, 1.82) is 0 Å². The van der Waals surface area contributed by atoms with Crippen LogP contribution in [0.4, 0.5) is 24.8 Å². The van der Waals surface area contributed by atoms with Crippen LogP contribution in [0.1, 0.15) is 33.8 Å². The lowest BCUT2D eigenvalue weighted by molar-refractivity contribution is -0.384. The number of nitro groups is 1. The van der Waals surface area contributed by atoms with E-state index in [4.69, 9.17) is 0 Å². The highest BCUT2D eigenvalue weighted by Gasteiger charge is 2.34. The average Bonchev–Trinajstić information content (AvgIpc) is 3.37. The summed E-state index contributed by atoms with van der Waals surface area (Å²) >= 11 is 0.991. The zero-order valence-corrected chi connectivity index (χ0v) is 21.1. The molecule has 1 aliphatic heterocycles. The molecule has 2 N–H and O–H groups in total. The van der Waals surface area contributed by atoms with Crippen molar-refractivity contribution < 1.29 is 31.3 Å². The lowest BCUT2D eigenvalue weighted by atomic mass is 10.1. The number of nitro benzene ring substituents is 1. The molecule has 3 aromatic rings. The highest BCUT2D eigenvalue weighted by Crippen LogP contribution is 2.29. The Balaban J connectivity index is 1.32. The third kappa shape index (κ3) is 6.43. The maximum atomic E-state index is 13.1. The van der Waals surface area contributed by atoms with Gasteiger partial charge in [-0.05, 0) is 37.1 Å². The van der Waals surface area contributed by atoms with Crippen molar-refractivity contribution in [1.82, 2.24) is 19.6 Å². The van der Waals surface area contributed by atoms with Gasteiger partial charge in [0.25, 0.3) is 21.6 Å². The van der Waals surface area contributed by atoms with E-state index in [2.05, 4.69) is 20.6 Å². The van der Waals surface area contributed by atoms with E-state index in [1.807, 2.05) is 0 Å². The number of non-ortho nitro benzene ring substituents is 1. The first-order valence-electron chi connectivity index (χ1n) is 11.2. The zero-order chi connectivity index (χ0) is 27.5. The van der Waals surface area contributed by atoms with E-state index >= 15 is 0 Å². The van der Waals surface area contributed by atoms with Gasteiger partial charge < -0.3 is 10.6 Å². The van der Waals surface area contributed by atoms with Crippen molar-refractivity contribution in [2.75, 3.05) is 18.4 Å². The number of carbonyl (C=O) groups is 1. The number of rotatable bonds is 8. The molecular formula is C22H21F3N6O5S2. The minimum absolute atomic E-state index is 0.0324. The van der Waals surface area contributed by atoms with Gasteiger partial charge >= 0.3 is 6.18 Å². The second kappa shape index (κ2) is 11.0. The summed E-state index contributed by atoms with van der Waals surface area (Å²) in [7, 11) is -3.81. The van der Waals surface area contributed by atoms with Crippen LogP contribution < -0.4 is 10.6 Å². The van der Waals surface area contributed by atoms with Gasteiger partial charge in [0.1, 0.15) is 9.90 Å². The normalized spacial score (nSPS) is 15.2. The van der Waals surface area contributed by atoms with Crippen molar-refractivity contribution >= 4 is 38.9 Å². The van der Waals surface area contributed by atoms with Crippen molar-refractivity contribution in [2.24, 2.45) is 0 Å². The maximum absolute atomic E-state index is 13.1. The van der Waals surface area contributed by atoms with Gasteiger partial charge in [0.05, 0.1) is 11.5 Å². The van der Waals surface area contributed by atoms with Gasteiger partial charge in [0, 0.05) is 47.9 Å². The number of sulfonamides is 1. The highest BCUT2D eigenvalue weighted by molar-refractivity contribution is 7.91. The molecule has 11 nitrogen and oxygen atoms in total. The molecule has 2 aromatic heterocycles. The molecule has 38 heavy (non-hydrogen) atoms. The Bertz CT molecular complexity index is 1440. The number of alkyl halides is 3. The van der Waals surface area contributed by atoms with E-state index in [0.29, 0.717) is 17.7 Å². The molecule has 1 fully saturated rings. The molecule has 0 saturated carbocycles. The molecule has 16 heteroatoms. The molecule has 0 unspecified atom stereocenters. The summed E-state index contributed by atoms with van der Waals surface area (Å²) in [5.41, 5.74) is -1.18. The summed E-state index contributed by atoms with van der Waals surface area (Å²) in [6, 6.07) is 8.74. The van der Waals surface area contributed by atoms with E-state index in [-0.39, 0.29) is 47.1 Å². The van der Waals surface area contributed by atoms with Crippen LogP contribution in [0.2, 0.25) is 0 Å². The number of thiophene rings is 1. The standard InChI is InChI=1S/C22H21F3N6O5S2/c23-22(24,25)18-6-9-26-21(29-18)28-15-7-10-30(11-8-15)38(35,36)19-5-4-17(37-19)13-27-20(32)14-2-1-3-16(12-14)31(33)34/h1-6,9,12,15H,7-8,10-11,13H2,(H,27,32)(H,26,28,29). The quantitative estimate of drug-likeness (QED) is 0.308. The Hall–Kier alpha value is -3.63. The van der Waals surface area contributed by atoms with E-state index in [1.54, 1.807) is 6.07 Å². The smallest absolute Gasteiger partial charge is 0.351 e. The minimum atomic E-state index is -4.60. The second-order valence-electron chi connectivity index (χ2n) is 8.30. The molecule has 3 heterocycles. The van der Waals surface area contributed by atoms with Crippen molar-refractivity contribution in [3.05, 3.63) is 74.9 Å². The number of hydrogen-bond acceptors (Lipinski definition) is 9. The van der Waals surface area contributed by atoms with Crippen molar-refractivity contribution in [3.8, 4) is 0 Å². The first kappa shape index (κ1) is 27.4. The SMILES string of the molecule is O=C(NCc1ccc(S(=O)(=O)N2CCC(Nc3nccc(C(F)(F)F)n3)CC2)s1)c1cccc([N+](=O)[O-])c1. The fourth-order valence-corrected chi connectivity index (χ4v) is 6.68. The first-order valence-corrected chi connectivity index (χ1v) is 13.5. The van der Waals surface area contributed by atoms with E-state index in [1.165, 1.54) is 28.6 Å². The van der Waals surface area contributed by atoms with E-state index < -0.39 is 32.7 Å². The Morgan fingerprint density at radius 1 is 1.18 bits per heavy atom. The molecule has 0 radical (unpaired) electrons. The third-order valence-electron chi connectivity index (χ3n) is 5.71. The zero-order valence-electron chi connectivity index (χ0n) is 19.5.